The standard InChI is InChI=1S/C54H86O8/c1-5-7-9-11-13-15-17-19-21-23-25-29-35-45(36-30-26-24-22-20-18-16-14-12-10-8-6-2)42-60-54-44(3)48(41-50(55)58-4)51(62-53(57)47-39-33-28-34-40-47)49(61-54)43-59-52(56)46-37-31-27-32-38-46/h27-28,31-34,37-40,44-45,48-49,51,54H,5-26,29-30,35-36,41-43H2,1-4H3/t44?,48?,49?,51-,54-/m1/s1. The van der Waals surface area contributed by atoms with E-state index < -0.39 is 42.3 Å². The molecule has 0 aliphatic carbocycles. The minimum atomic E-state index is -0.891. The first kappa shape index (κ1) is 53.1. The van der Waals surface area contributed by atoms with Gasteiger partial charge in [-0.3, -0.25) is 4.79 Å². The van der Waals surface area contributed by atoms with Crippen molar-refractivity contribution in [1.82, 2.24) is 0 Å². The quantitative estimate of drug-likeness (QED) is 0.0380. The normalized spacial score (nSPS) is 18.8. The van der Waals surface area contributed by atoms with Gasteiger partial charge in [0.2, 0.25) is 0 Å². The van der Waals surface area contributed by atoms with Gasteiger partial charge in [-0.15, -0.1) is 0 Å². The van der Waals surface area contributed by atoms with E-state index in [0.717, 1.165) is 12.8 Å². The Bertz CT molecular complexity index is 1390. The monoisotopic (exact) mass is 863 g/mol. The Hall–Kier alpha value is -3.23. The van der Waals surface area contributed by atoms with Crippen LogP contribution in [0.2, 0.25) is 0 Å². The molecule has 0 bridgehead atoms. The van der Waals surface area contributed by atoms with E-state index in [1.165, 1.54) is 161 Å². The number of esters is 3. The van der Waals surface area contributed by atoms with Gasteiger partial charge < -0.3 is 23.7 Å². The molecule has 350 valence electrons. The summed E-state index contributed by atoms with van der Waals surface area (Å²) in [6, 6.07) is 17.5. The fourth-order valence-electron chi connectivity index (χ4n) is 8.89. The minimum absolute atomic E-state index is 0.00209. The molecule has 1 aliphatic heterocycles. The highest BCUT2D eigenvalue weighted by Crippen LogP contribution is 2.37. The molecular formula is C54H86O8. The summed E-state index contributed by atoms with van der Waals surface area (Å²) in [6.07, 6.45) is 31.6. The number of methoxy groups -OCH3 is 1. The molecule has 0 saturated carbocycles. The summed E-state index contributed by atoms with van der Waals surface area (Å²) in [6.45, 7) is 6.91. The molecule has 3 unspecified atom stereocenters. The molecule has 0 N–H and O–H groups in total. The largest absolute Gasteiger partial charge is 0.469 e. The lowest BCUT2D eigenvalue weighted by molar-refractivity contribution is -0.273. The van der Waals surface area contributed by atoms with Crippen LogP contribution >= 0.6 is 0 Å². The molecule has 0 radical (unpaired) electrons. The van der Waals surface area contributed by atoms with Crippen molar-refractivity contribution in [2.24, 2.45) is 17.8 Å². The van der Waals surface area contributed by atoms with Gasteiger partial charge in [-0.2, -0.15) is 0 Å². The Kier molecular flexibility index (Phi) is 29.3. The summed E-state index contributed by atoms with van der Waals surface area (Å²) >= 11 is 0. The first-order chi connectivity index (χ1) is 30.4. The summed E-state index contributed by atoms with van der Waals surface area (Å²) < 4.78 is 30.5. The molecule has 1 aliphatic rings. The van der Waals surface area contributed by atoms with E-state index in [-0.39, 0.29) is 18.9 Å². The Labute approximate surface area is 377 Å². The third-order valence-corrected chi connectivity index (χ3v) is 12.9. The zero-order valence-corrected chi connectivity index (χ0v) is 39.5. The number of benzene rings is 2. The second-order valence-corrected chi connectivity index (χ2v) is 18.1. The number of carbonyl (C=O) groups is 3. The number of carbonyl (C=O) groups excluding carboxylic acids is 3. The van der Waals surface area contributed by atoms with Crippen LogP contribution in [0.1, 0.15) is 215 Å². The number of unbranched alkanes of at least 4 members (excludes halogenated alkanes) is 22. The van der Waals surface area contributed by atoms with Crippen molar-refractivity contribution in [3.63, 3.8) is 0 Å². The van der Waals surface area contributed by atoms with E-state index in [4.69, 9.17) is 23.7 Å². The fraction of sp³-hybridized carbons (Fsp3) is 0.722. The Balaban J connectivity index is 1.64. The average molecular weight is 863 g/mol. The van der Waals surface area contributed by atoms with Crippen LogP contribution in [0.15, 0.2) is 60.7 Å². The van der Waals surface area contributed by atoms with Crippen molar-refractivity contribution >= 4 is 17.9 Å². The van der Waals surface area contributed by atoms with Gasteiger partial charge in [0.05, 0.1) is 31.3 Å². The van der Waals surface area contributed by atoms with Crippen LogP contribution in [-0.2, 0) is 28.5 Å². The van der Waals surface area contributed by atoms with Crippen LogP contribution in [0.3, 0.4) is 0 Å². The highest BCUT2D eigenvalue weighted by molar-refractivity contribution is 5.90. The molecule has 8 nitrogen and oxygen atoms in total. The van der Waals surface area contributed by atoms with Gasteiger partial charge in [-0.05, 0) is 43.0 Å². The smallest absolute Gasteiger partial charge is 0.338 e. The Morgan fingerprint density at radius 3 is 1.44 bits per heavy atom. The molecular weight excluding hydrogens is 777 g/mol. The minimum Gasteiger partial charge on any atom is -0.469 e. The number of ether oxygens (including phenoxy) is 5. The van der Waals surface area contributed by atoms with E-state index in [0.29, 0.717) is 23.7 Å². The first-order valence-electron chi connectivity index (χ1n) is 25.2. The van der Waals surface area contributed by atoms with Gasteiger partial charge >= 0.3 is 17.9 Å². The summed E-state index contributed by atoms with van der Waals surface area (Å²) in [5.41, 5.74) is 0.792. The Morgan fingerprint density at radius 2 is 1.00 bits per heavy atom. The molecule has 1 fully saturated rings. The second-order valence-electron chi connectivity index (χ2n) is 18.1. The summed E-state index contributed by atoms with van der Waals surface area (Å²) in [5.74, 6) is -1.89. The molecule has 8 heteroatoms. The topological polar surface area (TPSA) is 97.4 Å². The lowest BCUT2D eigenvalue weighted by Gasteiger charge is -2.44. The van der Waals surface area contributed by atoms with Crippen molar-refractivity contribution in [3.8, 4) is 0 Å². The molecule has 0 spiro atoms. The molecule has 0 amide bonds. The lowest BCUT2D eigenvalue weighted by Crippen LogP contribution is -2.55. The zero-order chi connectivity index (χ0) is 44.5. The predicted molar refractivity (Wildman–Crippen MR) is 251 cm³/mol. The van der Waals surface area contributed by atoms with E-state index in [1.54, 1.807) is 48.5 Å². The van der Waals surface area contributed by atoms with Crippen LogP contribution in [-0.4, -0.2) is 56.7 Å². The van der Waals surface area contributed by atoms with E-state index >= 15 is 0 Å². The molecule has 3 rings (SSSR count). The highest BCUT2D eigenvalue weighted by atomic mass is 16.7. The van der Waals surface area contributed by atoms with E-state index in [1.807, 2.05) is 19.1 Å². The van der Waals surface area contributed by atoms with Crippen LogP contribution in [0.5, 0.6) is 0 Å². The number of rotatable bonds is 36. The van der Waals surface area contributed by atoms with Gasteiger partial charge in [-0.1, -0.05) is 211 Å². The van der Waals surface area contributed by atoms with Gasteiger partial charge in [-0.25, -0.2) is 9.59 Å². The van der Waals surface area contributed by atoms with Crippen LogP contribution in [0.4, 0.5) is 0 Å². The third kappa shape index (κ3) is 22.4. The fourth-order valence-corrected chi connectivity index (χ4v) is 8.89. The van der Waals surface area contributed by atoms with Crippen LogP contribution < -0.4 is 0 Å². The first-order valence-corrected chi connectivity index (χ1v) is 25.2. The van der Waals surface area contributed by atoms with Crippen molar-refractivity contribution in [3.05, 3.63) is 71.8 Å². The molecule has 2 aromatic carbocycles. The highest BCUT2D eigenvalue weighted by Gasteiger charge is 2.48. The molecule has 0 aromatic heterocycles. The number of hydrogen-bond donors (Lipinski definition) is 0. The third-order valence-electron chi connectivity index (χ3n) is 12.9. The van der Waals surface area contributed by atoms with Crippen LogP contribution in [0, 0.1) is 17.8 Å². The lowest BCUT2D eigenvalue weighted by atomic mass is 9.80. The number of hydrogen-bond acceptors (Lipinski definition) is 8. The molecule has 62 heavy (non-hydrogen) atoms. The predicted octanol–water partition coefficient (Wildman–Crippen LogP) is 14.4. The van der Waals surface area contributed by atoms with Crippen LogP contribution in [0.25, 0.3) is 0 Å². The van der Waals surface area contributed by atoms with Gasteiger partial charge in [0.25, 0.3) is 0 Å². The van der Waals surface area contributed by atoms with Crippen molar-refractivity contribution < 1.29 is 38.1 Å². The maximum absolute atomic E-state index is 13.5. The van der Waals surface area contributed by atoms with Gasteiger partial charge in [0, 0.05) is 11.8 Å². The van der Waals surface area contributed by atoms with Crippen molar-refractivity contribution in [2.45, 2.75) is 213 Å². The van der Waals surface area contributed by atoms with Crippen molar-refractivity contribution in [2.75, 3.05) is 20.3 Å². The summed E-state index contributed by atoms with van der Waals surface area (Å²) in [7, 11) is 1.36. The molecule has 1 heterocycles. The Morgan fingerprint density at radius 1 is 0.581 bits per heavy atom. The maximum atomic E-state index is 13.5. The van der Waals surface area contributed by atoms with E-state index in [2.05, 4.69) is 13.8 Å². The second kappa shape index (κ2) is 34.2. The molecule has 5 atom stereocenters. The van der Waals surface area contributed by atoms with Gasteiger partial charge in [0.15, 0.2) is 6.29 Å². The average Bonchev–Trinajstić information content (AvgIpc) is 3.30. The zero-order valence-electron chi connectivity index (χ0n) is 39.5. The van der Waals surface area contributed by atoms with Crippen molar-refractivity contribution in [1.29, 1.82) is 0 Å². The molecule has 2 aromatic rings. The summed E-state index contributed by atoms with van der Waals surface area (Å²) in [4.78, 5) is 39.5. The SMILES string of the molecule is CCCCCCCCCCCCCCC(CCCCCCCCCCCCCC)CO[C@@H]1OC(COC(=O)c2ccccc2)[C@H](OC(=O)c2ccccc2)C(CC(=O)OC)C1C. The summed E-state index contributed by atoms with van der Waals surface area (Å²) in [5, 5.41) is 0. The maximum Gasteiger partial charge on any atom is 0.338 e. The van der Waals surface area contributed by atoms with Gasteiger partial charge in [0.1, 0.15) is 18.8 Å². The molecule has 1 saturated heterocycles. The van der Waals surface area contributed by atoms with E-state index in [9.17, 15) is 14.4 Å².